The van der Waals surface area contributed by atoms with Crippen LogP contribution in [0, 0.1) is 0 Å². The van der Waals surface area contributed by atoms with Crippen LogP contribution in [-0.4, -0.2) is 61.6 Å². The Hall–Kier alpha value is -3.23. The molecule has 9 heteroatoms. The lowest BCUT2D eigenvalue weighted by Crippen LogP contribution is -2.52. The molecular weight excluding hydrogens is 447 g/mol. The van der Waals surface area contributed by atoms with Crippen molar-refractivity contribution < 1.29 is 13.9 Å². The first-order valence-corrected chi connectivity index (χ1v) is 12.1. The molecular formula is C26H35FN6O2. The fraction of sp³-hybridized carbons (Fsp3) is 0.538. The quantitative estimate of drug-likeness (QED) is 0.536. The van der Waals surface area contributed by atoms with E-state index in [1.54, 1.807) is 12.4 Å². The Morgan fingerprint density at radius 2 is 2.03 bits per heavy atom. The summed E-state index contributed by atoms with van der Waals surface area (Å²) in [5.74, 6) is 0.556. The molecule has 4 rings (SSSR count). The largest absolute Gasteiger partial charge is 0.444 e. The molecule has 0 radical (unpaired) electrons. The van der Waals surface area contributed by atoms with E-state index in [0.717, 1.165) is 16.5 Å². The van der Waals surface area contributed by atoms with Crippen LogP contribution in [-0.2, 0) is 10.3 Å². The number of ether oxygens (including phenoxy) is 1. The zero-order chi connectivity index (χ0) is 25.4. The third kappa shape index (κ3) is 5.89. The first-order chi connectivity index (χ1) is 16.3. The summed E-state index contributed by atoms with van der Waals surface area (Å²) in [6.07, 6.45) is 5.90. The third-order valence-electron chi connectivity index (χ3n) is 5.92. The fourth-order valence-electron chi connectivity index (χ4n) is 4.14. The van der Waals surface area contributed by atoms with Crippen LogP contribution in [0.2, 0.25) is 0 Å². The van der Waals surface area contributed by atoms with Gasteiger partial charge in [-0.1, -0.05) is 0 Å². The van der Waals surface area contributed by atoms with Crippen LogP contribution in [0.3, 0.4) is 0 Å². The highest BCUT2D eigenvalue weighted by atomic mass is 19.1. The van der Waals surface area contributed by atoms with E-state index in [-0.39, 0.29) is 18.6 Å². The maximum Gasteiger partial charge on any atom is 0.410 e. The van der Waals surface area contributed by atoms with Gasteiger partial charge in [0.25, 0.3) is 0 Å². The van der Waals surface area contributed by atoms with Crippen molar-refractivity contribution >= 4 is 22.8 Å². The van der Waals surface area contributed by atoms with Crippen LogP contribution in [0.15, 0.2) is 36.8 Å². The molecule has 1 N–H and O–H groups in total. The van der Waals surface area contributed by atoms with Crippen molar-refractivity contribution in [3.05, 3.63) is 36.8 Å². The van der Waals surface area contributed by atoms with Gasteiger partial charge in [0, 0.05) is 29.9 Å². The first kappa shape index (κ1) is 24.9. The standard InChI is InChI=1S/C26H35FN6O2/c1-24(2,3)33-15-18(14-30-33)20-13-21-19(9-7-11-28-21)22(31-20)29-16-26(27)10-8-12-32(17-26)23(34)35-25(4,5)6/h7,9,11,13-15H,8,10,12,16-17H2,1-6H3,(H,29,31)/t26-/m1/s1. The number of halogens is 1. The summed E-state index contributed by atoms with van der Waals surface area (Å²) >= 11 is 0. The predicted octanol–water partition coefficient (Wildman–Crippen LogP) is 5.40. The average Bonchev–Trinajstić information content (AvgIpc) is 3.27. The molecule has 1 amide bonds. The molecule has 1 saturated heterocycles. The second-order valence-corrected chi connectivity index (χ2v) is 11.3. The number of alkyl halides is 1. The van der Waals surface area contributed by atoms with Gasteiger partial charge in [0.05, 0.1) is 36.0 Å². The number of pyridine rings is 2. The number of likely N-dealkylation sites (tertiary alicyclic amines) is 1. The lowest BCUT2D eigenvalue weighted by Gasteiger charge is -2.38. The van der Waals surface area contributed by atoms with Crippen molar-refractivity contribution in [3.63, 3.8) is 0 Å². The average molecular weight is 483 g/mol. The number of rotatable bonds is 4. The lowest BCUT2D eigenvalue weighted by atomic mass is 9.94. The molecule has 0 aliphatic carbocycles. The number of fused-ring (bicyclic) bond motifs is 1. The van der Waals surface area contributed by atoms with Crippen molar-refractivity contribution in [1.29, 1.82) is 0 Å². The minimum absolute atomic E-state index is 0.0218. The Bertz CT molecular complexity index is 1210. The summed E-state index contributed by atoms with van der Waals surface area (Å²) in [5, 5.41) is 8.51. The molecule has 1 aliphatic heterocycles. The minimum Gasteiger partial charge on any atom is -0.444 e. The van der Waals surface area contributed by atoms with Gasteiger partial charge in [0.1, 0.15) is 17.1 Å². The van der Waals surface area contributed by atoms with Crippen LogP contribution in [0.25, 0.3) is 22.2 Å². The van der Waals surface area contributed by atoms with Crippen molar-refractivity contribution in [2.75, 3.05) is 25.0 Å². The van der Waals surface area contributed by atoms with Crippen LogP contribution < -0.4 is 5.32 Å². The van der Waals surface area contributed by atoms with Gasteiger partial charge in [-0.2, -0.15) is 5.10 Å². The number of piperidine rings is 1. The molecule has 0 bridgehead atoms. The third-order valence-corrected chi connectivity index (χ3v) is 5.92. The predicted molar refractivity (Wildman–Crippen MR) is 135 cm³/mol. The number of nitrogens with one attached hydrogen (secondary N) is 1. The van der Waals surface area contributed by atoms with Crippen LogP contribution in [0.5, 0.6) is 0 Å². The van der Waals surface area contributed by atoms with Crippen LogP contribution >= 0.6 is 0 Å². The topological polar surface area (TPSA) is 85.2 Å². The van der Waals surface area contributed by atoms with Gasteiger partial charge in [-0.25, -0.2) is 14.2 Å². The smallest absolute Gasteiger partial charge is 0.410 e. The maximum absolute atomic E-state index is 15.9. The van der Waals surface area contributed by atoms with Crippen LogP contribution in [0.4, 0.5) is 15.0 Å². The Balaban J connectivity index is 1.57. The summed E-state index contributed by atoms with van der Waals surface area (Å²) in [6, 6.07) is 5.67. The van der Waals surface area contributed by atoms with E-state index < -0.39 is 17.4 Å². The molecule has 3 aromatic heterocycles. The number of amides is 1. The van der Waals surface area contributed by atoms with Crippen LogP contribution in [0.1, 0.15) is 54.4 Å². The summed E-state index contributed by atoms with van der Waals surface area (Å²) < 4.78 is 23.2. The fourth-order valence-corrected chi connectivity index (χ4v) is 4.14. The van der Waals surface area contributed by atoms with E-state index >= 15 is 4.39 Å². The SMILES string of the molecule is CC(C)(C)OC(=O)N1CCC[C@@](F)(CNc2nc(-c3cnn(C(C)(C)C)c3)cc3ncccc23)C1. The van der Waals surface area contributed by atoms with Gasteiger partial charge in [0.15, 0.2) is 0 Å². The zero-order valence-corrected chi connectivity index (χ0v) is 21.4. The van der Waals surface area contributed by atoms with Crippen molar-refractivity contribution in [1.82, 2.24) is 24.6 Å². The van der Waals surface area contributed by atoms with E-state index in [0.29, 0.717) is 30.9 Å². The number of hydrogen-bond acceptors (Lipinski definition) is 6. The summed E-state index contributed by atoms with van der Waals surface area (Å²) in [5.41, 5.74) is -0.0482. The molecule has 188 valence electrons. The number of carbonyl (C=O) groups is 1. The summed E-state index contributed by atoms with van der Waals surface area (Å²) in [4.78, 5) is 23.3. The van der Waals surface area contributed by atoms with Gasteiger partial charge in [-0.05, 0) is 72.6 Å². The summed E-state index contributed by atoms with van der Waals surface area (Å²) in [6.45, 7) is 12.1. The van der Waals surface area contributed by atoms with E-state index in [1.807, 2.05) is 49.8 Å². The lowest BCUT2D eigenvalue weighted by molar-refractivity contribution is -0.00210. The molecule has 35 heavy (non-hydrogen) atoms. The second kappa shape index (κ2) is 9.09. The highest BCUT2D eigenvalue weighted by molar-refractivity contribution is 5.91. The molecule has 1 aliphatic rings. The van der Waals surface area contributed by atoms with E-state index in [9.17, 15) is 4.79 Å². The monoisotopic (exact) mass is 482 g/mol. The van der Waals surface area contributed by atoms with Crippen molar-refractivity contribution in [2.45, 2.75) is 71.2 Å². The molecule has 0 aromatic carbocycles. The van der Waals surface area contributed by atoms with Crippen molar-refractivity contribution in [2.24, 2.45) is 0 Å². The molecule has 1 atom stereocenters. The van der Waals surface area contributed by atoms with E-state index in [4.69, 9.17) is 9.72 Å². The second-order valence-electron chi connectivity index (χ2n) is 11.3. The van der Waals surface area contributed by atoms with E-state index in [1.165, 1.54) is 4.90 Å². The molecule has 1 fully saturated rings. The minimum atomic E-state index is -1.60. The molecule has 8 nitrogen and oxygen atoms in total. The number of nitrogens with zero attached hydrogens (tertiary/aromatic N) is 5. The first-order valence-electron chi connectivity index (χ1n) is 12.1. The highest BCUT2D eigenvalue weighted by Crippen LogP contribution is 2.31. The molecule has 0 saturated carbocycles. The van der Waals surface area contributed by atoms with Crippen molar-refractivity contribution in [3.8, 4) is 11.3 Å². The highest BCUT2D eigenvalue weighted by Gasteiger charge is 2.38. The number of anilines is 1. The Morgan fingerprint density at radius 3 is 2.71 bits per heavy atom. The Kier molecular flexibility index (Phi) is 6.46. The van der Waals surface area contributed by atoms with Gasteiger partial charge in [0.2, 0.25) is 0 Å². The van der Waals surface area contributed by atoms with Gasteiger partial charge < -0.3 is 15.0 Å². The molecule has 3 aromatic rings. The number of aromatic nitrogens is 4. The molecule has 0 spiro atoms. The Morgan fingerprint density at radius 1 is 1.26 bits per heavy atom. The van der Waals surface area contributed by atoms with Gasteiger partial charge in [-0.3, -0.25) is 9.67 Å². The maximum atomic E-state index is 15.9. The molecule has 4 heterocycles. The number of carbonyl (C=O) groups excluding carboxylic acids is 1. The Labute approximate surface area is 205 Å². The molecule has 0 unspecified atom stereocenters. The zero-order valence-electron chi connectivity index (χ0n) is 21.4. The normalized spacial score (nSPS) is 19.1. The summed E-state index contributed by atoms with van der Waals surface area (Å²) in [7, 11) is 0. The number of hydrogen-bond donors (Lipinski definition) is 1. The van der Waals surface area contributed by atoms with Gasteiger partial charge in [-0.15, -0.1) is 0 Å². The van der Waals surface area contributed by atoms with E-state index in [2.05, 4.69) is 36.2 Å². The van der Waals surface area contributed by atoms with Gasteiger partial charge >= 0.3 is 6.09 Å².